The summed E-state index contributed by atoms with van der Waals surface area (Å²) in [6.07, 6.45) is 1.73. The second-order valence-electron chi connectivity index (χ2n) is 9.21. The molecule has 1 aliphatic heterocycles. The third kappa shape index (κ3) is 6.05. The van der Waals surface area contributed by atoms with Gasteiger partial charge in [-0.1, -0.05) is 42.5 Å². The summed E-state index contributed by atoms with van der Waals surface area (Å²) in [6, 6.07) is 25.8. The third-order valence-corrected chi connectivity index (χ3v) is 6.57. The number of piperidine rings is 1. The summed E-state index contributed by atoms with van der Waals surface area (Å²) in [5, 5.41) is 12.5. The molecule has 186 valence electrons. The number of likely N-dealkylation sites (tertiary alicyclic amines) is 1. The number of carbonyl (C=O) groups is 1. The average Bonchev–Trinajstić information content (AvgIpc) is 2.93. The van der Waals surface area contributed by atoms with Gasteiger partial charge < -0.3 is 14.5 Å². The van der Waals surface area contributed by atoms with Crippen molar-refractivity contribution in [2.45, 2.75) is 25.4 Å². The third-order valence-electron chi connectivity index (χ3n) is 6.57. The van der Waals surface area contributed by atoms with E-state index in [-0.39, 0.29) is 24.0 Å². The molecule has 3 aromatic carbocycles. The maximum Gasteiger partial charge on any atom is 0.258 e. The van der Waals surface area contributed by atoms with E-state index >= 15 is 0 Å². The van der Waals surface area contributed by atoms with Gasteiger partial charge in [0.15, 0.2) is 12.0 Å². The molecule has 2 heterocycles. The number of carbonyl (C=O) groups excluding carboxylic acids is 1. The molecule has 1 saturated heterocycles. The molecule has 0 unspecified atom stereocenters. The van der Waals surface area contributed by atoms with Crippen molar-refractivity contribution in [3.63, 3.8) is 0 Å². The van der Waals surface area contributed by atoms with Gasteiger partial charge in [-0.3, -0.25) is 14.5 Å². The van der Waals surface area contributed by atoms with Gasteiger partial charge >= 0.3 is 0 Å². The maximum atomic E-state index is 12.5. The van der Waals surface area contributed by atoms with E-state index in [4.69, 9.17) is 14.4 Å². The van der Waals surface area contributed by atoms with Crippen LogP contribution in [0.2, 0.25) is 0 Å². The Hall–Kier alpha value is -4.41. The average molecular weight is 494 g/mol. The predicted molar refractivity (Wildman–Crippen MR) is 141 cm³/mol. The molecule has 1 amide bonds. The van der Waals surface area contributed by atoms with Crippen molar-refractivity contribution < 1.29 is 13.9 Å². The largest absolute Gasteiger partial charge is 0.484 e. The molecule has 37 heavy (non-hydrogen) atoms. The fourth-order valence-corrected chi connectivity index (χ4v) is 4.57. The van der Waals surface area contributed by atoms with Gasteiger partial charge in [0, 0.05) is 43.4 Å². The first kappa shape index (κ1) is 24.3. The monoisotopic (exact) mass is 493 g/mol. The first-order valence-corrected chi connectivity index (χ1v) is 12.3. The lowest BCUT2D eigenvalue weighted by atomic mass is 10.0. The molecule has 0 atom stereocenters. The van der Waals surface area contributed by atoms with Crippen molar-refractivity contribution in [2.75, 3.05) is 19.7 Å². The molecular formula is C30H27N3O4. The van der Waals surface area contributed by atoms with E-state index in [1.807, 2.05) is 54.6 Å². The van der Waals surface area contributed by atoms with Crippen molar-refractivity contribution in [1.29, 1.82) is 5.26 Å². The van der Waals surface area contributed by atoms with E-state index in [1.165, 1.54) is 11.6 Å². The Morgan fingerprint density at radius 3 is 2.51 bits per heavy atom. The van der Waals surface area contributed by atoms with Crippen molar-refractivity contribution in [1.82, 2.24) is 10.2 Å². The molecule has 5 rings (SSSR count). The van der Waals surface area contributed by atoms with E-state index in [1.54, 1.807) is 18.2 Å². The van der Waals surface area contributed by atoms with Crippen LogP contribution >= 0.6 is 0 Å². The number of nitrogens with zero attached hydrogens (tertiary/aromatic N) is 2. The molecule has 7 heteroatoms. The van der Waals surface area contributed by atoms with Crippen LogP contribution in [0.15, 0.2) is 88.1 Å². The van der Waals surface area contributed by atoms with Crippen LogP contribution in [0.5, 0.6) is 5.75 Å². The van der Waals surface area contributed by atoms with Crippen LogP contribution in [-0.4, -0.2) is 36.5 Å². The van der Waals surface area contributed by atoms with E-state index in [2.05, 4.69) is 16.3 Å². The van der Waals surface area contributed by atoms with Crippen LogP contribution in [0.4, 0.5) is 0 Å². The Balaban J connectivity index is 1.13. The highest BCUT2D eigenvalue weighted by molar-refractivity contribution is 5.81. The summed E-state index contributed by atoms with van der Waals surface area (Å²) in [4.78, 5) is 27.4. The molecule has 4 aromatic rings. The standard InChI is InChI=1S/C30H27N3O4/c31-18-21-6-8-22(9-7-21)19-33-14-12-24(13-15-33)32-30(35)20-36-25-10-11-26-27(34)17-28(37-29(26)16-25)23-4-2-1-3-5-23/h1-11,16-17,24H,12-15,19-20H2,(H,32,35). The fraction of sp³-hybridized carbons (Fsp3) is 0.233. The highest BCUT2D eigenvalue weighted by atomic mass is 16.5. The van der Waals surface area contributed by atoms with Crippen molar-refractivity contribution in [3.05, 3.63) is 100 Å². The van der Waals surface area contributed by atoms with E-state index in [9.17, 15) is 9.59 Å². The number of nitriles is 1. The normalized spacial score (nSPS) is 14.2. The van der Waals surface area contributed by atoms with Crippen LogP contribution in [0.3, 0.4) is 0 Å². The van der Waals surface area contributed by atoms with Crippen molar-refractivity contribution in [2.24, 2.45) is 0 Å². The number of amides is 1. The first-order chi connectivity index (χ1) is 18.1. The van der Waals surface area contributed by atoms with E-state index in [0.29, 0.717) is 28.0 Å². The lowest BCUT2D eigenvalue weighted by Gasteiger charge is -2.32. The molecule has 1 N–H and O–H groups in total. The molecule has 1 aliphatic rings. The molecule has 0 radical (unpaired) electrons. The number of benzene rings is 3. The minimum absolute atomic E-state index is 0.108. The Morgan fingerprint density at radius 2 is 1.78 bits per heavy atom. The highest BCUT2D eigenvalue weighted by Crippen LogP contribution is 2.25. The Bertz CT molecular complexity index is 1480. The van der Waals surface area contributed by atoms with Gasteiger partial charge in [0.2, 0.25) is 0 Å². The first-order valence-electron chi connectivity index (χ1n) is 12.3. The van der Waals surface area contributed by atoms with E-state index < -0.39 is 0 Å². The quantitative estimate of drug-likeness (QED) is 0.408. The maximum absolute atomic E-state index is 12.5. The van der Waals surface area contributed by atoms with Gasteiger partial charge in [-0.05, 0) is 42.7 Å². The zero-order chi connectivity index (χ0) is 25.6. The summed E-state index contributed by atoms with van der Waals surface area (Å²) in [5.41, 5.74) is 2.94. The van der Waals surface area contributed by atoms with Crippen LogP contribution in [0.1, 0.15) is 24.0 Å². The summed E-state index contributed by atoms with van der Waals surface area (Å²) >= 11 is 0. The summed E-state index contributed by atoms with van der Waals surface area (Å²) < 4.78 is 11.7. The SMILES string of the molecule is N#Cc1ccc(CN2CCC(NC(=O)COc3ccc4c(=O)cc(-c5ccccc5)oc4c3)CC2)cc1. The second kappa shape index (κ2) is 11.1. The van der Waals surface area contributed by atoms with Gasteiger partial charge in [0.05, 0.1) is 17.0 Å². The van der Waals surface area contributed by atoms with Crippen LogP contribution in [0.25, 0.3) is 22.3 Å². The zero-order valence-corrected chi connectivity index (χ0v) is 20.4. The Labute approximate surface area is 214 Å². The fourth-order valence-electron chi connectivity index (χ4n) is 4.57. The molecule has 0 saturated carbocycles. The zero-order valence-electron chi connectivity index (χ0n) is 20.4. The molecule has 1 fully saturated rings. The van der Waals surface area contributed by atoms with Crippen molar-refractivity contribution in [3.8, 4) is 23.1 Å². The molecule has 7 nitrogen and oxygen atoms in total. The van der Waals surface area contributed by atoms with Crippen LogP contribution in [-0.2, 0) is 11.3 Å². The topological polar surface area (TPSA) is 95.6 Å². The summed E-state index contributed by atoms with van der Waals surface area (Å²) in [6.45, 7) is 2.50. The number of fused-ring (bicyclic) bond motifs is 1. The second-order valence-corrected chi connectivity index (χ2v) is 9.21. The number of ether oxygens (including phenoxy) is 1. The van der Waals surface area contributed by atoms with Crippen molar-refractivity contribution >= 4 is 16.9 Å². The Kier molecular flexibility index (Phi) is 7.29. The van der Waals surface area contributed by atoms with Crippen LogP contribution in [0, 0.1) is 11.3 Å². The Morgan fingerprint density at radius 1 is 1.03 bits per heavy atom. The summed E-state index contributed by atoms with van der Waals surface area (Å²) in [5.74, 6) is 0.775. The predicted octanol–water partition coefficient (Wildman–Crippen LogP) is 4.49. The number of hydrogen-bond acceptors (Lipinski definition) is 6. The van der Waals surface area contributed by atoms with E-state index in [0.717, 1.165) is 38.0 Å². The smallest absolute Gasteiger partial charge is 0.258 e. The summed E-state index contributed by atoms with van der Waals surface area (Å²) in [7, 11) is 0. The lowest BCUT2D eigenvalue weighted by Crippen LogP contribution is -2.45. The number of rotatable bonds is 7. The van der Waals surface area contributed by atoms with Gasteiger partial charge in [0.25, 0.3) is 5.91 Å². The van der Waals surface area contributed by atoms with Crippen LogP contribution < -0.4 is 15.5 Å². The lowest BCUT2D eigenvalue weighted by molar-refractivity contribution is -0.124. The molecular weight excluding hydrogens is 466 g/mol. The highest BCUT2D eigenvalue weighted by Gasteiger charge is 2.21. The molecule has 0 aliphatic carbocycles. The minimum atomic E-state index is -0.176. The molecule has 1 aromatic heterocycles. The number of nitrogens with one attached hydrogen (secondary N) is 1. The minimum Gasteiger partial charge on any atom is -0.484 e. The number of hydrogen-bond donors (Lipinski definition) is 1. The van der Waals surface area contributed by atoms with Gasteiger partial charge in [-0.25, -0.2) is 0 Å². The van der Waals surface area contributed by atoms with Gasteiger partial charge in [-0.15, -0.1) is 0 Å². The molecule has 0 bridgehead atoms. The van der Waals surface area contributed by atoms with Gasteiger partial charge in [0.1, 0.15) is 17.1 Å². The molecule has 0 spiro atoms. The van der Waals surface area contributed by atoms with Gasteiger partial charge in [-0.2, -0.15) is 5.26 Å².